The van der Waals surface area contributed by atoms with Crippen molar-refractivity contribution in [3.63, 3.8) is 0 Å². The highest BCUT2D eigenvalue weighted by molar-refractivity contribution is 7.89. The van der Waals surface area contributed by atoms with Crippen molar-refractivity contribution in [1.29, 1.82) is 0 Å². The number of hydrogen-bond donors (Lipinski definition) is 2. The molecule has 7 heteroatoms. The van der Waals surface area contributed by atoms with Crippen molar-refractivity contribution in [2.45, 2.75) is 37.9 Å². The van der Waals surface area contributed by atoms with E-state index < -0.39 is 15.6 Å². The van der Waals surface area contributed by atoms with Crippen molar-refractivity contribution >= 4 is 21.4 Å². The highest BCUT2D eigenvalue weighted by atomic mass is 32.2. The molecule has 1 rings (SSSR count). The summed E-state index contributed by atoms with van der Waals surface area (Å²) in [6.07, 6.45) is 0. The van der Waals surface area contributed by atoms with E-state index in [0.717, 1.165) is 0 Å². The van der Waals surface area contributed by atoms with Crippen molar-refractivity contribution in [3.8, 4) is 0 Å². The van der Waals surface area contributed by atoms with Crippen molar-refractivity contribution < 1.29 is 18.3 Å². The Morgan fingerprint density at radius 1 is 1.50 bits per heavy atom. The Morgan fingerprint density at radius 2 is 2.11 bits per heavy atom. The molecule has 104 valence electrons. The van der Waals surface area contributed by atoms with Crippen LogP contribution in [0.1, 0.15) is 24.3 Å². The lowest BCUT2D eigenvalue weighted by Crippen LogP contribution is -2.39. The summed E-state index contributed by atoms with van der Waals surface area (Å²) >= 11 is 1.24. The van der Waals surface area contributed by atoms with Crippen LogP contribution in [-0.2, 0) is 21.4 Å². The van der Waals surface area contributed by atoms with E-state index in [-0.39, 0.29) is 18.0 Å². The standard InChI is InChI=1S/C11H19NO4S2/c1-8-6-17-9(5-13)10(8)18(14,15)12-7-11(2,3)16-4/h6,12-13H,5,7H2,1-4H3. The van der Waals surface area contributed by atoms with Crippen LogP contribution in [0.5, 0.6) is 0 Å². The van der Waals surface area contributed by atoms with Gasteiger partial charge >= 0.3 is 0 Å². The van der Waals surface area contributed by atoms with Crippen molar-refractivity contribution in [1.82, 2.24) is 4.72 Å². The number of hydrogen-bond acceptors (Lipinski definition) is 5. The fourth-order valence-corrected chi connectivity index (χ4v) is 4.23. The number of aliphatic hydroxyl groups excluding tert-OH is 1. The van der Waals surface area contributed by atoms with E-state index in [4.69, 9.17) is 9.84 Å². The second-order valence-corrected chi connectivity index (χ2v) is 7.29. The molecular formula is C11H19NO4S2. The predicted molar refractivity (Wildman–Crippen MR) is 71.3 cm³/mol. The molecule has 1 aromatic heterocycles. The first-order valence-electron chi connectivity index (χ1n) is 5.46. The van der Waals surface area contributed by atoms with Gasteiger partial charge in [-0.3, -0.25) is 0 Å². The minimum atomic E-state index is -3.61. The van der Waals surface area contributed by atoms with Crippen LogP contribution in [0.2, 0.25) is 0 Å². The molecule has 0 aliphatic carbocycles. The molecule has 0 spiro atoms. The van der Waals surface area contributed by atoms with Gasteiger partial charge in [0.25, 0.3) is 0 Å². The van der Waals surface area contributed by atoms with E-state index in [2.05, 4.69) is 4.72 Å². The van der Waals surface area contributed by atoms with Gasteiger partial charge in [0.05, 0.1) is 17.1 Å². The average molecular weight is 293 g/mol. The largest absolute Gasteiger partial charge is 0.391 e. The quantitative estimate of drug-likeness (QED) is 0.828. The Bertz CT molecular complexity index is 505. The summed E-state index contributed by atoms with van der Waals surface area (Å²) in [5.74, 6) is 0. The highest BCUT2D eigenvalue weighted by Gasteiger charge is 2.26. The zero-order valence-corrected chi connectivity index (χ0v) is 12.6. The first-order valence-corrected chi connectivity index (χ1v) is 7.82. The molecule has 0 fully saturated rings. The summed E-state index contributed by atoms with van der Waals surface area (Å²) in [5, 5.41) is 10.9. The van der Waals surface area contributed by atoms with E-state index in [1.165, 1.54) is 18.4 Å². The van der Waals surface area contributed by atoms with Crippen LogP contribution in [0.4, 0.5) is 0 Å². The lowest BCUT2D eigenvalue weighted by Gasteiger charge is -2.23. The maximum absolute atomic E-state index is 12.2. The zero-order chi connectivity index (χ0) is 14.0. The van der Waals surface area contributed by atoms with Gasteiger partial charge in [-0.15, -0.1) is 11.3 Å². The van der Waals surface area contributed by atoms with Gasteiger partial charge in [0.1, 0.15) is 4.90 Å². The van der Waals surface area contributed by atoms with Gasteiger partial charge in [0.15, 0.2) is 0 Å². The van der Waals surface area contributed by atoms with Crippen molar-refractivity contribution in [2.24, 2.45) is 0 Å². The SMILES string of the molecule is COC(C)(C)CNS(=O)(=O)c1c(C)csc1CO. The molecule has 1 aromatic rings. The first kappa shape index (κ1) is 15.6. The van der Waals surface area contributed by atoms with Crippen LogP contribution in [0.25, 0.3) is 0 Å². The van der Waals surface area contributed by atoms with Gasteiger partial charge in [0.2, 0.25) is 10.0 Å². The van der Waals surface area contributed by atoms with Crippen LogP contribution in [-0.4, -0.2) is 32.8 Å². The maximum atomic E-state index is 12.2. The number of rotatable bonds is 6. The lowest BCUT2D eigenvalue weighted by molar-refractivity contribution is 0.0276. The number of aliphatic hydroxyl groups is 1. The number of ether oxygens (including phenoxy) is 1. The van der Waals surface area contributed by atoms with Crippen LogP contribution in [0.15, 0.2) is 10.3 Å². The van der Waals surface area contributed by atoms with Gasteiger partial charge in [-0.2, -0.15) is 0 Å². The second kappa shape index (κ2) is 5.66. The van der Waals surface area contributed by atoms with Crippen molar-refractivity contribution in [2.75, 3.05) is 13.7 Å². The van der Waals surface area contributed by atoms with Gasteiger partial charge in [0, 0.05) is 13.7 Å². The normalized spacial score (nSPS) is 12.9. The highest BCUT2D eigenvalue weighted by Crippen LogP contribution is 2.26. The Morgan fingerprint density at radius 3 is 2.61 bits per heavy atom. The number of sulfonamides is 1. The van der Waals surface area contributed by atoms with Gasteiger partial charge < -0.3 is 9.84 Å². The fraction of sp³-hybridized carbons (Fsp3) is 0.636. The van der Waals surface area contributed by atoms with E-state index in [9.17, 15) is 8.42 Å². The fourth-order valence-electron chi connectivity index (χ4n) is 1.37. The molecule has 0 radical (unpaired) electrons. The number of aryl methyl sites for hydroxylation is 1. The molecule has 0 aromatic carbocycles. The summed E-state index contributed by atoms with van der Waals surface area (Å²) in [6.45, 7) is 5.20. The Hall–Kier alpha value is -0.470. The average Bonchev–Trinajstić information content (AvgIpc) is 2.69. The maximum Gasteiger partial charge on any atom is 0.242 e. The smallest absolute Gasteiger partial charge is 0.242 e. The van der Waals surface area contributed by atoms with E-state index in [1.807, 2.05) is 0 Å². The zero-order valence-electron chi connectivity index (χ0n) is 11.0. The van der Waals surface area contributed by atoms with Gasteiger partial charge in [-0.1, -0.05) is 0 Å². The molecule has 0 saturated carbocycles. The van der Waals surface area contributed by atoms with Crippen LogP contribution in [0.3, 0.4) is 0 Å². The molecule has 0 amide bonds. The van der Waals surface area contributed by atoms with Crippen molar-refractivity contribution in [3.05, 3.63) is 15.8 Å². The van der Waals surface area contributed by atoms with E-state index >= 15 is 0 Å². The minimum absolute atomic E-state index is 0.173. The number of thiophene rings is 1. The summed E-state index contributed by atoms with van der Waals surface area (Å²) in [7, 11) is -2.08. The van der Waals surface area contributed by atoms with Crippen LogP contribution in [0, 0.1) is 6.92 Å². The number of nitrogens with one attached hydrogen (secondary N) is 1. The monoisotopic (exact) mass is 293 g/mol. The predicted octanol–water partition coefficient (Wildman–Crippen LogP) is 1.25. The van der Waals surface area contributed by atoms with Crippen LogP contribution >= 0.6 is 11.3 Å². The second-order valence-electron chi connectivity index (χ2n) is 4.62. The minimum Gasteiger partial charge on any atom is -0.391 e. The third-order valence-corrected chi connectivity index (χ3v) is 5.49. The molecule has 5 nitrogen and oxygen atoms in total. The van der Waals surface area contributed by atoms with Gasteiger partial charge in [-0.05, 0) is 31.7 Å². The molecular weight excluding hydrogens is 274 g/mol. The third kappa shape index (κ3) is 3.52. The van der Waals surface area contributed by atoms with E-state index in [1.54, 1.807) is 26.2 Å². The molecule has 0 unspecified atom stereocenters. The topological polar surface area (TPSA) is 75.6 Å². The molecule has 0 atom stereocenters. The first-order chi connectivity index (χ1) is 8.23. The molecule has 0 bridgehead atoms. The Balaban J connectivity index is 2.97. The lowest BCUT2D eigenvalue weighted by atomic mass is 10.1. The molecule has 18 heavy (non-hydrogen) atoms. The molecule has 2 N–H and O–H groups in total. The molecule has 0 aliphatic heterocycles. The van der Waals surface area contributed by atoms with E-state index in [0.29, 0.717) is 10.4 Å². The third-order valence-electron chi connectivity index (χ3n) is 2.64. The molecule has 0 saturated heterocycles. The molecule has 0 aliphatic rings. The van der Waals surface area contributed by atoms with Gasteiger partial charge in [-0.25, -0.2) is 13.1 Å². The Labute approximate surface area is 112 Å². The summed E-state index contributed by atoms with van der Waals surface area (Å²) in [5.41, 5.74) is 0.0721. The molecule has 1 heterocycles. The number of methoxy groups -OCH3 is 1. The summed E-state index contributed by atoms with van der Waals surface area (Å²) < 4.78 is 32.0. The Kier molecular flexibility index (Phi) is 4.90. The van der Waals surface area contributed by atoms with Crippen LogP contribution < -0.4 is 4.72 Å². The summed E-state index contributed by atoms with van der Waals surface area (Å²) in [6, 6.07) is 0. The summed E-state index contributed by atoms with van der Waals surface area (Å²) in [4.78, 5) is 0.636.